The summed E-state index contributed by atoms with van der Waals surface area (Å²) in [6, 6.07) is 4.00. The standard InChI is InChI=1S/C17H17ClFN3O4S/c1-10(23)22-8-12(7-14(22)16(24)21-17(9-20)4-5-17)27(25,26)15-3-2-11(19)6-13(15)18/h2-3,6,12,14H,4-5,7-8H2,1H3,(H,21,24)/t12-,14+/m1/s1. The average molecular weight is 414 g/mol. The molecule has 0 aromatic heterocycles. The third kappa shape index (κ3) is 3.64. The van der Waals surface area contributed by atoms with Crippen LogP contribution in [0.2, 0.25) is 5.02 Å². The monoisotopic (exact) mass is 413 g/mol. The summed E-state index contributed by atoms with van der Waals surface area (Å²) in [7, 11) is -3.99. The van der Waals surface area contributed by atoms with Crippen molar-refractivity contribution in [2.24, 2.45) is 0 Å². The van der Waals surface area contributed by atoms with Crippen LogP contribution in [0.25, 0.3) is 0 Å². The predicted molar refractivity (Wildman–Crippen MR) is 93.9 cm³/mol. The number of carbonyl (C=O) groups excluding carboxylic acids is 2. The molecule has 1 saturated carbocycles. The number of rotatable bonds is 4. The number of amides is 2. The Balaban J connectivity index is 1.86. The van der Waals surface area contributed by atoms with Gasteiger partial charge in [-0.3, -0.25) is 9.59 Å². The Hall–Kier alpha value is -2.18. The topological polar surface area (TPSA) is 107 Å². The van der Waals surface area contributed by atoms with Crippen LogP contribution < -0.4 is 5.32 Å². The van der Waals surface area contributed by atoms with Gasteiger partial charge >= 0.3 is 0 Å². The summed E-state index contributed by atoms with van der Waals surface area (Å²) in [5.74, 6) is -1.66. The van der Waals surface area contributed by atoms with Gasteiger partial charge in [0.25, 0.3) is 0 Å². The van der Waals surface area contributed by atoms with Gasteiger partial charge in [-0.1, -0.05) is 11.6 Å². The Morgan fingerprint density at radius 3 is 2.59 bits per heavy atom. The molecule has 2 atom stereocenters. The zero-order chi connectivity index (χ0) is 20.0. The second kappa shape index (κ2) is 6.77. The first kappa shape index (κ1) is 19.6. The molecular weight excluding hydrogens is 397 g/mol. The normalized spacial score (nSPS) is 23.6. The van der Waals surface area contributed by atoms with Crippen LogP contribution in [0.1, 0.15) is 26.2 Å². The third-order valence-corrected chi connectivity index (χ3v) is 7.55. The second-order valence-corrected chi connectivity index (χ2v) is 9.45. The van der Waals surface area contributed by atoms with E-state index in [0.29, 0.717) is 12.8 Å². The smallest absolute Gasteiger partial charge is 0.244 e. The number of likely N-dealkylation sites (tertiary alicyclic amines) is 1. The molecule has 7 nitrogen and oxygen atoms in total. The summed E-state index contributed by atoms with van der Waals surface area (Å²) in [4.78, 5) is 25.5. The fourth-order valence-corrected chi connectivity index (χ4v) is 5.44. The van der Waals surface area contributed by atoms with E-state index in [0.717, 1.165) is 18.2 Å². The van der Waals surface area contributed by atoms with E-state index in [1.165, 1.54) is 11.8 Å². The molecule has 2 fully saturated rings. The van der Waals surface area contributed by atoms with E-state index < -0.39 is 44.3 Å². The zero-order valence-electron chi connectivity index (χ0n) is 14.4. The zero-order valence-corrected chi connectivity index (χ0v) is 16.0. The number of carbonyl (C=O) groups is 2. The minimum Gasteiger partial charge on any atom is -0.336 e. The summed E-state index contributed by atoms with van der Waals surface area (Å²) < 4.78 is 39.1. The van der Waals surface area contributed by atoms with E-state index in [4.69, 9.17) is 16.9 Å². The van der Waals surface area contributed by atoms with E-state index in [2.05, 4.69) is 5.32 Å². The van der Waals surface area contributed by atoms with Crippen molar-refractivity contribution in [1.82, 2.24) is 10.2 Å². The highest BCUT2D eigenvalue weighted by Crippen LogP contribution is 2.36. The fraction of sp³-hybridized carbons (Fsp3) is 0.471. The molecule has 1 saturated heterocycles. The lowest BCUT2D eigenvalue weighted by Crippen LogP contribution is -2.48. The molecule has 0 radical (unpaired) electrons. The van der Waals surface area contributed by atoms with Gasteiger partial charge in [0.05, 0.1) is 21.2 Å². The first-order valence-corrected chi connectivity index (χ1v) is 10.2. The minimum atomic E-state index is -3.99. The first-order chi connectivity index (χ1) is 12.6. The Morgan fingerprint density at radius 1 is 1.41 bits per heavy atom. The average Bonchev–Trinajstić information content (AvgIpc) is 3.19. The molecule has 27 heavy (non-hydrogen) atoms. The van der Waals surface area contributed by atoms with Crippen LogP contribution in [-0.2, 0) is 19.4 Å². The molecule has 3 rings (SSSR count). The Labute approximate surface area is 161 Å². The SMILES string of the molecule is CC(=O)N1C[C@H](S(=O)(=O)c2ccc(F)cc2Cl)C[C@H]1C(=O)NC1(C#N)CC1. The van der Waals surface area contributed by atoms with Crippen molar-refractivity contribution in [3.05, 3.63) is 29.0 Å². The summed E-state index contributed by atoms with van der Waals surface area (Å²) in [6.07, 6.45) is 0.923. The van der Waals surface area contributed by atoms with E-state index in [-0.39, 0.29) is 22.9 Å². The summed E-state index contributed by atoms with van der Waals surface area (Å²) >= 11 is 5.89. The number of nitrogens with one attached hydrogen (secondary N) is 1. The quantitative estimate of drug-likeness (QED) is 0.751. The molecule has 2 amide bonds. The van der Waals surface area contributed by atoms with Crippen LogP contribution in [0, 0.1) is 17.1 Å². The molecule has 0 bridgehead atoms. The summed E-state index contributed by atoms with van der Waals surface area (Å²) in [6.45, 7) is 1.07. The fourth-order valence-electron chi connectivity index (χ4n) is 3.21. The van der Waals surface area contributed by atoms with Crippen molar-refractivity contribution >= 4 is 33.3 Å². The summed E-state index contributed by atoms with van der Waals surface area (Å²) in [5, 5.41) is 10.4. The van der Waals surface area contributed by atoms with Crippen LogP contribution in [0.15, 0.2) is 23.1 Å². The Kier molecular flexibility index (Phi) is 4.91. The molecule has 1 aromatic rings. The lowest BCUT2D eigenvalue weighted by Gasteiger charge is -2.23. The van der Waals surface area contributed by atoms with Crippen molar-refractivity contribution in [2.45, 2.75) is 47.9 Å². The first-order valence-electron chi connectivity index (χ1n) is 8.29. The van der Waals surface area contributed by atoms with Crippen LogP contribution in [-0.4, -0.2) is 48.5 Å². The molecule has 1 aromatic carbocycles. The van der Waals surface area contributed by atoms with Gasteiger partial charge in [0, 0.05) is 13.5 Å². The molecule has 0 unspecified atom stereocenters. The molecule has 144 valence electrons. The maximum absolute atomic E-state index is 13.2. The molecule has 1 aliphatic heterocycles. The molecule has 1 heterocycles. The van der Waals surface area contributed by atoms with Gasteiger partial charge in [-0.25, -0.2) is 12.8 Å². The number of hydrogen-bond donors (Lipinski definition) is 1. The van der Waals surface area contributed by atoms with Crippen molar-refractivity contribution in [1.29, 1.82) is 5.26 Å². The molecule has 10 heteroatoms. The highest BCUT2D eigenvalue weighted by molar-refractivity contribution is 7.92. The highest BCUT2D eigenvalue weighted by atomic mass is 35.5. The molecule has 0 spiro atoms. The second-order valence-electron chi connectivity index (χ2n) is 6.85. The minimum absolute atomic E-state index is 0.122. The maximum atomic E-state index is 13.2. The highest BCUT2D eigenvalue weighted by Gasteiger charge is 2.50. The van der Waals surface area contributed by atoms with Crippen LogP contribution >= 0.6 is 11.6 Å². The number of benzene rings is 1. The van der Waals surface area contributed by atoms with E-state index in [1.807, 2.05) is 6.07 Å². The predicted octanol–water partition coefficient (Wildman–Crippen LogP) is 1.41. The number of sulfone groups is 1. The lowest BCUT2D eigenvalue weighted by molar-refractivity contribution is -0.137. The van der Waals surface area contributed by atoms with Gasteiger partial charge in [-0.2, -0.15) is 5.26 Å². The van der Waals surface area contributed by atoms with Crippen molar-refractivity contribution in [3.63, 3.8) is 0 Å². The van der Waals surface area contributed by atoms with Crippen molar-refractivity contribution in [2.75, 3.05) is 6.54 Å². The molecule has 1 aliphatic carbocycles. The van der Waals surface area contributed by atoms with E-state index >= 15 is 0 Å². The summed E-state index contributed by atoms with van der Waals surface area (Å²) in [5.41, 5.74) is -0.920. The van der Waals surface area contributed by atoms with Crippen LogP contribution in [0.4, 0.5) is 4.39 Å². The Bertz CT molecular complexity index is 955. The van der Waals surface area contributed by atoms with Gasteiger partial charge in [0.2, 0.25) is 11.8 Å². The van der Waals surface area contributed by atoms with Gasteiger partial charge in [-0.05, 0) is 37.5 Å². The van der Waals surface area contributed by atoms with Crippen molar-refractivity contribution in [3.8, 4) is 6.07 Å². The van der Waals surface area contributed by atoms with Gasteiger partial charge in [0.1, 0.15) is 17.4 Å². The van der Waals surface area contributed by atoms with Gasteiger partial charge in [-0.15, -0.1) is 0 Å². The van der Waals surface area contributed by atoms with Crippen LogP contribution in [0.3, 0.4) is 0 Å². The number of halogens is 2. The van der Waals surface area contributed by atoms with Crippen molar-refractivity contribution < 1.29 is 22.4 Å². The molecule has 1 N–H and O–H groups in total. The number of hydrogen-bond acceptors (Lipinski definition) is 5. The van der Waals surface area contributed by atoms with Crippen LogP contribution in [0.5, 0.6) is 0 Å². The van der Waals surface area contributed by atoms with Gasteiger partial charge in [0.15, 0.2) is 9.84 Å². The largest absolute Gasteiger partial charge is 0.336 e. The van der Waals surface area contributed by atoms with Gasteiger partial charge < -0.3 is 10.2 Å². The Morgan fingerprint density at radius 2 is 2.07 bits per heavy atom. The lowest BCUT2D eigenvalue weighted by atomic mass is 10.2. The molecular formula is C17H17ClFN3O4S. The maximum Gasteiger partial charge on any atom is 0.244 e. The third-order valence-electron chi connectivity index (χ3n) is 4.94. The number of nitriles is 1. The number of nitrogens with zero attached hydrogens (tertiary/aromatic N) is 2. The van der Waals surface area contributed by atoms with E-state index in [9.17, 15) is 22.4 Å². The van der Waals surface area contributed by atoms with E-state index in [1.54, 1.807) is 0 Å². The molecule has 2 aliphatic rings.